The van der Waals surface area contributed by atoms with Gasteiger partial charge in [0.15, 0.2) is 0 Å². The van der Waals surface area contributed by atoms with Gasteiger partial charge in [0.05, 0.1) is 12.8 Å². The number of rotatable bonds is 6. The van der Waals surface area contributed by atoms with Gasteiger partial charge in [0, 0.05) is 11.2 Å². The molecule has 0 saturated heterocycles. The lowest BCUT2D eigenvalue weighted by Gasteiger charge is -2.11. The van der Waals surface area contributed by atoms with E-state index < -0.39 is 30.3 Å². The number of fused-ring (bicyclic) bond motifs is 1. The van der Waals surface area contributed by atoms with E-state index in [9.17, 15) is 14.4 Å². The zero-order chi connectivity index (χ0) is 15.4. The van der Waals surface area contributed by atoms with Crippen LogP contribution in [0.25, 0.3) is 10.9 Å². The molecule has 1 heterocycles. The van der Waals surface area contributed by atoms with Crippen LogP contribution >= 0.6 is 0 Å². The fourth-order valence-electron chi connectivity index (χ4n) is 2.02. The maximum Gasteiger partial charge on any atom is 0.326 e. The molecule has 0 aliphatic heterocycles. The van der Waals surface area contributed by atoms with Crippen LogP contribution in [0.3, 0.4) is 0 Å². The summed E-state index contributed by atoms with van der Waals surface area (Å²) in [6.07, 6.45) is -0.703. The van der Waals surface area contributed by atoms with Crippen LogP contribution in [0.5, 0.6) is 0 Å². The number of amides is 1. The fraction of sp³-hybridized carbons (Fsp3) is 0.214. The second kappa shape index (κ2) is 6.08. The number of benzene rings is 1. The number of H-pyrrole nitrogens is 1. The zero-order valence-corrected chi connectivity index (χ0v) is 11.0. The third-order valence-corrected chi connectivity index (χ3v) is 2.95. The Labute approximate surface area is 119 Å². The van der Waals surface area contributed by atoms with Crippen LogP contribution in [-0.2, 0) is 20.8 Å². The van der Waals surface area contributed by atoms with Crippen molar-refractivity contribution in [1.29, 1.82) is 0 Å². The molecule has 0 saturated carbocycles. The van der Waals surface area contributed by atoms with Gasteiger partial charge in [0.25, 0.3) is 0 Å². The molecule has 7 nitrogen and oxygen atoms in total. The van der Waals surface area contributed by atoms with E-state index in [4.69, 9.17) is 10.2 Å². The molecular weight excluding hydrogens is 276 g/mol. The van der Waals surface area contributed by atoms with E-state index in [0.29, 0.717) is 5.69 Å². The largest absolute Gasteiger partial charge is 0.481 e. The minimum atomic E-state index is -1.43. The van der Waals surface area contributed by atoms with E-state index in [1.807, 2.05) is 24.3 Å². The highest BCUT2D eigenvalue weighted by Crippen LogP contribution is 2.14. The normalized spacial score (nSPS) is 12.0. The summed E-state index contributed by atoms with van der Waals surface area (Å²) in [7, 11) is 0. The lowest BCUT2D eigenvalue weighted by atomic mass is 10.2. The summed E-state index contributed by atoms with van der Waals surface area (Å²) in [4.78, 5) is 36.3. The minimum absolute atomic E-state index is 0.0436. The maximum atomic E-state index is 11.8. The van der Waals surface area contributed by atoms with E-state index in [1.165, 1.54) is 0 Å². The number of carboxylic acids is 2. The highest BCUT2D eigenvalue weighted by molar-refractivity contribution is 5.88. The standard InChI is InChI=1S/C14H14N2O5/c17-12(16-11(14(20)21)7-13(18)19)6-9-5-8-3-1-2-4-10(8)15-9/h1-5,11,15H,6-7H2,(H,16,17)(H,18,19)(H,20,21)/t11-/m0/s1. The van der Waals surface area contributed by atoms with E-state index >= 15 is 0 Å². The third-order valence-electron chi connectivity index (χ3n) is 2.95. The van der Waals surface area contributed by atoms with Crippen LogP contribution in [-0.4, -0.2) is 39.1 Å². The Morgan fingerprint density at radius 3 is 2.52 bits per heavy atom. The van der Waals surface area contributed by atoms with Crippen molar-refractivity contribution in [2.75, 3.05) is 0 Å². The average molecular weight is 290 g/mol. The lowest BCUT2D eigenvalue weighted by Crippen LogP contribution is -2.42. The first-order valence-corrected chi connectivity index (χ1v) is 6.26. The van der Waals surface area contributed by atoms with Crippen LogP contribution in [0, 0.1) is 0 Å². The van der Waals surface area contributed by atoms with Crippen molar-refractivity contribution in [3.05, 3.63) is 36.0 Å². The Morgan fingerprint density at radius 1 is 1.19 bits per heavy atom. The topological polar surface area (TPSA) is 119 Å². The number of para-hydroxylation sites is 1. The Bertz CT molecular complexity index is 658. The van der Waals surface area contributed by atoms with Gasteiger partial charge in [0.2, 0.25) is 5.91 Å². The number of nitrogens with one attached hydrogen (secondary N) is 2. The van der Waals surface area contributed by atoms with Gasteiger partial charge in [0.1, 0.15) is 6.04 Å². The van der Waals surface area contributed by atoms with Crippen molar-refractivity contribution >= 4 is 28.7 Å². The first kappa shape index (κ1) is 14.6. The van der Waals surface area contributed by atoms with E-state index in [1.54, 1.807) is 6.07 Å². The summed E-state index contributed by atoms with van der Waals surface area (Å²) in [6.45, 7) is 0. The molecular formula is C14H14N2O5. The molecule has 7 heteroatoms. The molecule has 21 heavy (non-hydrogen) atoms. The van der Waals surface area contributed by atoms with Crippen molar-refractivity contribution in [1.82, 2.24) is 10.3 Å². The summed E-state index contributed by atoms with van der Waals surface area (Å²) in [5.74, 6) is -3.20. The third kappa shape index (κ3) is 3.82. The van der Waals surface area contributed by atoms with Gasteiger partial charge in [-0.2, -0.15) is 0 Å². The van der Waals surface area contributed by atoms with Crippen molar-refractivity contribution in [2.24, 2.45) is 0 Å². The van der Waals surface area contributed by atoms with Gasteiger partial charge in [-0.1, -0.05) is 18.2 Å². The Hall–Kier alpha value is -2.83. The molecule has 110 valence electrons. The van der Waals surface area contributed by atoms with Crippen molar-refractivity contribution in [3.63, 3.8) is 0 Å². The number of carbonyl (C=O) groups is 3. The second-order valence-corrected chi connectivity index (χ2v) is 4.61. The Morgan fingerprint density at radius 2 is 1.90 bits per heavy atom. The van der Waals surface area contributed by atoms with Crippen LogP contribution in [0.4, 0.5) is 0 Å². The van der Waals surface area contributed by atoms with Gasteiger partial charge in [-0.25, -0.2) is 4.79 Å². The molecule has 1 aromatic carbocycles. The maximum absolute atomic E-state index is 11.8. The van der Waals surface area contributed by atoms with Gasteiger partial charge in [-0.3, -0.25) is 9.59 Å². The predicted octanol–water partition coefficient (Wildman–Crippen LogP) is 0.754. The molecule has 1 amide bonds. The summed E-state index contributed by atoms with van der Waals surface area (Å²) >= 11 is 0. The van der Waals surface area contributed by atoms with Crippen LogP contribution < -0.4 is 5.32 Å². The van der Waals surface area contributed by atoms with Crippen LogP contribution in [0.1, 0.15) is 12.1 Å². The molecule has 0 aliphatic rings. The first-order valence-electron chi connectivity index (χ1n) is 6.26. The molecule has 0 unspecified atom stereocenters. The summed E-state index contributed by atoms with van der Waals surface area (Å²) in [5.41, 5.74) is 1.51. The predicted molar refractivity (Wildman–Crippen MR) is 73.8 cm³/mol. The highest BCUT2D eigenvalue weighted by Gasteiger charge is 2.23. The van der Waals surface area contributed by atoms with E-state index in [-0.39, 0.29) is 6.42 Å². The van der Waals surface area contributed by atoms with Crippen molar-refractivity contribution < 1.29 is 24.6 Å². The number of hydrogen-bond donors (Lipinski definition) is 4. The van der Waals surface area contributed by atoms with E-state index in [0.717, 1.165) is 10.9 Å². The lowest BCUT2D eigenvalue weighted by molar-refractivity contribution is -0.147. The second-order valence-electron chi connectivity index (χ2n) is 4.61. The van der Waals surface area contributed by atoms with Crippen molar-refractivity contribution in [3.8, 4) is 0 Å². The highest BCUT2D eigenvalue weighted by atomic mass is 16.4. The number of aliphatic carboxylic acids is 2. The van der Waals surface area contributed by atoms with Crippen LogP contribution in [0.2, 0.25) is 0 Å². The number of carboxylic acid groups (broad SMARTS) is 2. The molecule has 1 atom stereocenters. The zero-order valence-electron chi connectivity index (χ0n) is 11.0. The smallest absolute Gasteiger partial charge is 0.326 e. The molecule has 0 radical (unpaired) electrons. The quantitative estimate of drug-likeness (QED) is 0.626. The molecule has 1 aromatic heterocycles. The Balaban J connectivity index is 2.03. The average Bonchev–Trinajstić information content (AvgIpc) is 2.79. The molecule has 0 bridgehead atoms. The molecule has 0 aliphatic carbocycles. The summed E-state index contributed by atoms with van der Waals surface area (Å²) < 4.78 is 0. The number of aromatic nitrogens is 1. The van der Waals surface area contributed by atoms with Crippen molar-refractivity contribution in [2.45, 2.75) is 18.9 Å². The number of aromatic amines is 1. The molecule has 0 fully saturated rings. The van der Waals surface area contributed by atoms with Gasteiger partial charge in [-0.05, 0) is 17.5 Å². The van der Waals surface area contributed by atoms with Gasteiger partial charge >= 0.3 is 11.9 Å². The Kier molecular flexibility index (Phi) is 4.22. The van der Waals surface area contributed by atoms with Gasteiger partial charge in [-0.15, -0.1) is 0 Å². The number of hydrogen-bond acceptors (Lipinski definition) is 3. The first-order chi connectivity index (χ1) is 9.95. The SMILES string of the molecule is O=C(O)C[C@H](NC(=O)Cc1cc2ccccc2[nH]1)C(=O)O. The van der Waals surface area contributed by atoms with Gasteiger partial charge < -0.3 is 20.5 Å². The number of carbonyl (C=O) groups excluding carboxylic acids is 1. The monoisotopic (exact) mass is 290 g/mol. The van der Waals surface area contributed by atoms with Crippen LogP contribution in [0.15, 0.2) is 30.3 Å². The summed E-state index contributed by atoms with van der Waals surface area (Å²) in [6, 6.07) is 7.84. The van der Waals surface area contributed by atoms with E-state index in [2.05, 4.69) is 10.3 Å². The minimum Gasteiger partial charge on any atom is -0.481 e. The molecule has 0 spiro atoms. The molecule has 2 aromatic rings. The summed E-state index contributed by atoms with van der Waals surface area (Å²) in [5, 5.41) is 20.6. The molecule has 4 N–H and O–H groups in total. The fourth-order valence-corrected chi connectivity index (χ4v) is 2.02. The molecule has 2 rings (SSSR count).